The third kappa shape index (κ3) is 4.58. The van der Waals surface area contributed by atoms with E-state index in [0.29, 0.717) is 22.5 Å². The van der Waals surface area contributed by atoms with E-state index < -0.39 is 0 Å². The fourth-order valence-electron chi connectivity index (χ4n) is 2.04. The highest BCUT2D eigenvalue weighted by Gasteiger charge is 2.08. The van der Waals surface area contributed by atoms with Crippen LogP contribution >= 0.6 is 0 Å². The van der Waals surface area contributed by atoms with E-state index in [0.717, 1.165) is 0 Å². The Morgan fingerprint density at radius 1 is 1.08 bits per heavy atom. The van der Waals surface area contributed by atoms with Crippen LogP contribution in [0.25, 0.3) is 0 Å². The van der Waals surface area contributed by atoms with E-state index in [1.54, 1.807) is 62.6 Å². The molecule has 0 aromatic heterocycles. The van der Waals surface area contributed by atoms with Crippen LogP contribution in [-0.2, 0) is 4.79 Å². The normalized spacial score (nSPS) is 9.71. The van der Waals surface area contributed by atoms with Crippen molar-refractivity contribution in [3.8, 4) is 6.07 Å². The summed E-state index contributed by atoms with van der Waals surface area (Å²) in [6, 6.07) is 15.7. The molecule has 0 bridgehead atoms. The molecule has 0 spiro atoms. The second-order valence-corrected chi connectivity index (χ2v) is 5.37. The predicted octanol–water partition coefficient (Wildman–Crippen LogP) is 2.31. The van der Waals surface area contributed by atoms with Crippen molar-refractivity contribution in [3.05, 3.63) is 59.7 Å². The van der Waals surface area contributed by atoms with Crippen molar-refractivity contribution in [2.75, 3.05) is 31.3 Å². The Morgan fingerprint density at radius 3 is 2.42 bits per heavy atom. The molecule has 0 atom stereocenters. The van der Waals surface area contributed by atoms with Crippen LogP contribution in [0.5, 0.6) is 0 Å². The standard InChI is InChI=1S/C18H18N4O2/c1-22(2)18(24)14-6-8-15(9-7-14)21-17(23)12-20-16-5-3-4-13(10-16)11-19/h3-10,20H,12H2,1-2H3,(H,21,23). The Morgan fingerprint density at radius 2 is 1.79 bits per heavy atom. The van der Waals surface area contributed by atoms with Crippen molar-refractivity contribution in [3.63, 3.8) is 0 Å². The summed E-state index contributed by atoms with van der Waals surface area (Å²) in [5.74, 6) is -0.309. The van der Waals surface area contributed by atoms with Crippen molar-refractivity contribution in [2.24, 2.45) is 0 Å². The Balaban J connectivity index is 1.90. The largest absolute Gasteiger partial charge is 0.376 e. The average molecular weight is 322 g/mol. The second kappa shape index (κ2) is 7.79. The Hall–Kier alpha value is -3.33. The van der Waals surface area contributed by atoms with Crippen molar-refractivity contribution in [2.45, 2.75) is 0 Å². The third-order valence-corrected chi connectivity index (χ3v) is 3.27. The molecule has 0 heterocycles. The topological polar surface area (TPSA) is 85.2 Å². The van der Waals surface area contributed by atoms with E-state index in [9.17, 15) is 9.59 Å². The molecule has 0 fully saturated rings. The Kier molecular flexibility index (Phi) is 5.53. The summed E-state index contributed by atoms with van der Waals surface area (Å²) in [5.41, 5.74) is 2.41. The van der Waals surface area contributed by atoms with Gasteiger partial charge < -0.3 is 15.5 Å². The molecule has 6 nitrogen and oxygen atoms in total. The molecule has 2 rings (SSSR count). The van der Waals surface area contributed by atoms with E-state index in [1.807, 2.05) is 6.07 Å². The van der Waals surface area contributed by atoms with Crippen LogP contribution in [0, 0.1) is 11.3 Å². The molecule has 2 N–H and O–H groups in total. The number of hydrogen-bond acceptors (Lipinski definition) is 4. The van der Waals surface area contributed by atoms with Gasteiger partial charge >= 0.3 is 0 Å². The SMILES string of the molecule is CN(C)C(=O)c1ccc(NC(=O)CNc2cccc(C#N)c2)cc1. The van der Waals surface area contributed by atoms with Gasteiger partial charge in [0.15, 0.2) is 0 Å². The summed E-state index contributed by atoms with van der Waals surface area (Å²) in [5, 5.41) is 14.6. The summed E-state index contributed by atoms with van der Waals surface area (Å²) in [6.07, 6.45) is 0. The molecule has 122 valence electrons. The third-order valence-electron chi connectivity index (χ3n) is 3.27. The maximum atomic E-state index is 12.0. The molecule has 0 aliphatic rings. The van der Waals surface area contributed by atoms with Crippen LogP contribution in [0.1, 0.15) is 15.9 Å². The van der Waals surface area contributed by atoms with Crippen molar-refractivity contribution >= 4 is 23.2 Å². The number of benzene rings is 2. The minimum absolute atomic E-state index is 0.0766. The lowest BCUT2D eigenvalue weighted by atomic mass is 10.2. The number of rotatable bonds is 5. The number of nitriles is 1. The quantitative estimate of drug-likeness (QED) is 0.884. The molecule has 0 radical (unpaired) electrons. The molecular formula is C18H18N4O2. The molecule has 6 heteroatoms. The second-order valence-electron chi connectivity index (χ2n) is 5.37. The first kappa shape index (κ1) is 17.0. The van der Waals surface area contributed by atoms with Gasteiger partial charge in [0.2, 0.25) is 5.91 Å². The summed E-state index contributed by atoms with van der Waals surface area (Å²) < 4.78 is 0. The average Bonchev–Trinajstić information content (AvgIpc) is 2.60. The highest BCUT2D eigenvalue weighted by molar-refractivity contribution is 5.96. The number of anilines is 2. The van der Waals surface area contributed by atoms with Gasteiger partial charge in [-0.1, -0.05) is 6.07 Å². The van der Waals surface area contributed by atoms with Gasteiger partial charge in [-0.3, -0.25) is 9.59 Å². The number of carbonyl (C=O) groups excluding carboxylic acids is 2. The minimum atomic E-state index is -0.218. The van der Waals surface area contributed by atoms with Gasteiger partial charge in [0.1, 0.15) is 0 Å². The zero-order valence-electron chi connectivity index (χ0n) is 13.5. The van der Waals surface area contributed by atoms with E-state index >= 15 is 0 Å². The fraction of sp³-hybridized carbons (Fsp3) is 0.167. The molecule has 2 aromatic carbocycles. The summed E-state index contributed by atoms with van der Waals surface area (Å²) >= 11 is 0. The number of hydrogen-bond donors (Lipinski definition) is 2. The zero-order chi connectivity index (χ0) is 17.5. The zero-order valence-corrected chi connectivity index (χ0v) is 13.5. The maximum Gasteiger partial charge on any atom is 0.253 e. The monoisotopic (exact) mass is 322 g/mol. The van der Waals surface area contributed by atoms with Crippen LogP contribution in [0.15, 0.2) is 48.5 Å². The van der Waals surface area contributed by atoms with Gasteiger partial charge in [-0.25, -0.2) is 0 Å². The molecule has 0 saturated carbocycles. The minimum Gasteiger partial charge on any atom is -0.376 e. The first-order valence-corrected chi connectivity index (χ1v) is 7.35. The van der Waals surface area contributed by atoms with Crippen LogP contribution in [0.3, 0.4) is 0 Å². The lowest BCUT2D eigenvalue weighted by molar-refractivity contribution is -0.114. The van der Waals surface area contributed by atoms with Crippen molar-refractivity contribution in [1.82, 2.24) is 4.90 Å². The van der Waals surface area contributed by atoms with Crippen molar-refractivity contribution in [1.29, 1.82) is 5.26 Å². The first-order valence-electron chi connectivity index (χ1n) is 7.35. The van der Waals surface area contributed by atoms with Gasteiger partial charge in [-0.2, -0.15) is 5.26 Å². The molecule has 24 heavy (non-hydrogen) atoms. The maximum absolute atomic E-state index is 12.0. The van der Waals surface area contributed by atoms with Gasteiger partial charge in [0.05, 0.1) is 18.2 Å². The summed E-state index contributed by atoms with van der Waals surface area (Å²) in [4.78, 5) is 25.2. The molecule has 0 saturated heterocycles. The summed E-state index contributed by atoms with van der Waals surface area (Å²) in [6.45, 7) is 0.0766. The molecule has 0 aliphatic carbocycles. The number of amides is 2. The van der Waals surface area contributed by atoms with E-state index in [4.69, 9.17) is 5.26 Å². The van der Waals surface area contributed by atoms with Gasteiger partial charge in [0.25, 0.3) is 5.91 Å². The Labute approximate surface area is 140 Å². The molecule has 2 amide bonds. The molecule has 0 aliphatic heterocycles. The van der Waals surface area contributed by atoms with Crippen LogP contribution in [0.4, 0.5) is 11.4 Å². The highest BCUT2D eigenvalue weighted by atomic mass is 16.2. The number of carbonyl (C=O) groups is 2. The number of nitrogens with zero attached hydrogens (tertiary/aromatic N) is 2. The number of nitrogens with one attached hydrogen (secondary N) is 2. The molecule has 0 unspecified atom stereocenters. The fourth-order valence-corrected chi connectivity index (χ4v) is 2.04. The van der Waals surface area contributed by atoms with E-state index in [2.05, 4.69) is 10.6 Å². The lowest BCUT2D eigenvalue weighted by Gasteiger charge is -2.11. The van der Waals surface area contributed by atoms with E-state index in [1.165, 1.54) is 4.90 Å². The van der Waals surface area contributed by atoms with Gasteiger partial charge in [-0.05, 0) is 42.5 Å². The van der Waals surface area contributed by atoms with Gasteiger partial charge in [-0.15, -0.1) is 0 Å². The first-order chi connectivity index (χ1) is 11.5. The van der Waals surface area contributed by atoms with Crippen molar-refractivity contribution < 1.29 is 9.59 Å². The molecular weight excluding hydrogens is 304 g/mol. The van der Waals surface area contributed by atoms with Gasteiger partial charge in [0, 0.05) is 31.0 Å². The van der Waals surface area contributed by atoms with E-state index in [-0.39, 0.29) is 18.4 Å². The Bertz CT molecular complexity index is 776. The van der Waals surface area contributed by atoms with Crippen LogP contribution < -0.4 is 10.6 Å². The van der Waals surface area contributed by atoms with Crippen LogP contribution in [0.2, 0.25) is 0 Å². The molecule has 2 aromatic rings. The summed E-state index contributed by atoms with van der Waals surface area (Å²) in [7, 11) is 3.37. The van der Waals surface area contributed by atoms with Crippen LogP contribution in [-0.4, -0.2) is 37.4 Å². The highest BCUT2D eigenvalue weighted by Crippen LogP contribution is 2.12. The predicted molar refractivity (Wildman–Crippen MR) is 92.7 cm³/mol. The smallest absolute Gasteiger partial charge is 0.253 e. The lowest BCUT2D eigenvalue weighted by Crippen LogP contribution is -2.23.